The van der Waals surface area contributed by atoms with Crippen molar-refractivity contribution in [2.75, 3.05) is 51.3 Å². The fourth-order valence-corrected chi connectivity index (χ4v) is 2.43. The van der Waals surface area contributed by atoms with Gasteiger partial charge in [-0.1, -0.05) is 6.07 Å². The zero-order valence-corrected chi connectivity index (χ0v) is 12.1. The molecule has 106 valence electrons. The largest absolute Gasteiger partial charge is 0.385 e. The lowest BCUT2D eigenvalue weighted by Crippen LogP contribution is -2.46. The number of methoxy groups -OCH3 is 1. The Labute approximate surface area is 116 Å². The molecule has 0 aromatic carbocycles. The highest BCUT2D eigenvalue weighted by Gasteiger charge is 2.17. The molecule has 1 aromatic rings. The first kappa shape index (κ1) is 14.3. The number of aromatic nitrogens is 1. The first-order chi connectivity index (χ1) is 9.29. The molecule has 0 spiro atoms. The summed E-state index contributed by atoms with van der Waals surface area (Å²) in [6, 6.07) is 4.27. The van der Waals surface area contributed by atoms with Gasteiger partial charge in [0, 0.05) is 46.1 Å². The highest BCUT2D eigenvalue weighted by molar-refractivity contribution is 5.39. The molecule has 0 radical (unpaired) electrons. The molecule has 1 saturated heterocycles. The zero-order chi connectivity index (χ0) is 13.5. The van der Waals surface area contributed by atoms with Crippen LogP contribution in [0.1, 0.15) is 18.4 Å². The Morgan fingerprint density at radius 1 is 1.16 bits per heavy atom. The van der Waals surface area contributed by atoms with E-state index in [2.05, 4.69) is 33.8 Å². The zero-order valence-electron chi connectivity index (χ0n) is 12.1. The summed E-state index contributed by atoms with van der Waals surface area (Å²) >= 11 is 0. The quantitative estimate of drug-likeness (QED) is 0.733. The number of piperazine rings is 1. The summed E-state index contributed by atoms with van der Waals surface area (Å²) in [5, 5.41) is 0. The first-order valence-corrected chi connectivity index (χ1v) is 7.18. The maximum atomic E-state index is 5.08. The number of nitrogens with zero attached hydrogens (tertiary/aromatic N) is 3. The Hall–Kier alpha value is -1.13. The SMILES string of the molecule is COCCCCN1CCN(c2ccc(C)cn2)CC1. The van der Waals surface area contributed by atoms with Gasteiger partial charge in [0.05, 0.1) is 0 Å². The van der Waals surface area contributed by atoms with E-state index in [-0.39, 0.29) is 0 Å². The molecule has 1 aliphatic heterocycles. The van der Waals surface area contributed by atoms with E-state index >= 15 is 0 Å². The molecular weight excluding hydrogens is 238 g/mol. The molecule has 0 amide bonds. The van der Waals surface area contributed by atoms with Gasteiger partial charge >= 0.3 is 0 Å². The molecule has 0 N–H and O–H groups in total. The van der Waals surface area contributed by atoms with Crippen LogP contribution in [0.15, 0.2) is 18.3 Å². The molecule has 2 heterocycles. The van der Waals surface area contributed by atoms with E-state index < -0.39 is 0 Å². The molecule has 0 unspecified atom stereocenters. The molecule has 1 aliphatic rings. The normalized spacial score (nSPS) is 16.8. The molecule has 4 nitrogen and oxygen atoms in total. The third-order valence-electron chi connectivity index (χ3n) is 3.66. The third-order valence-corrected chi connectivity index (χ3v) is 3.66. The molecule has 0 aliphatic carbocycles. The van der Waals surface area contributed by atoms with Gasteiger partial charge in [0.2, 0.25) is 0 Å². The Kier molecular flexibility index (Phi) is 5.61. The molecule has 4 heteroatoms. The third kappa shape index (κ3) is 4.48. The van der Waals surface area contributed by atoms with Crippen LogP contribution in [0.25, 0.3) is 0 Å². The van der Waals surface area contributed by atoms with Crippen LogP contribution < -0.4 is 4.90 Å². The van der Waals surface area contributed by atoms with E-state index in [1.54, 1.807) is 7.11 Å². The summed E-state index contributed by atoms with van der Waals surface area (Å²) in [5.74, 6) is 1.12. The van der Waals surface area contributed by atoms with Gasteiger partial charge in [-0.25, -0.2) is 4.98 Å². The number of anilines is 1. The Morgan fingerprint density at radius 2 is 1.95 bits per heavy atom. The number of rotatable bonds is 6. The van der Waals surface area contributed by atoms with Crippen molar-refractivity contribution in [2.45, 2.75) is 19.8 Å². The minimum absolute atomic E-state index is 0.882. The fourth-order valence-electron chi connectivity index (χ4n) is 2.43. The highest BCUT2D eigenvalue weighted by atomic mass is 16.5. The van der Waals surface area contributed by atoms with Crippen LogP contribution in [-0.2, 0) is 4.74 Å². The summed E-state index contributed by atoms with van der Waals surface area (Å²) in [4.78, 5) is 9.43. The predicted octanol–water partition coefficient (Wildman–Crippen LogP) is 1.94. The molecule has 1 fully saturated rings. The number of aryl methyl sites for hydroxylation is 1. The smallest absolute Gasteiger partial charge is 0.128 e. The van der Waals surface area contributed by atoms with Crippen molar-refractivity contribution in [3.05, 3.63) is 23.9 Å². The maximum Gasteiger partial charge on any atom is 0.128 e. The van der Waals surface area contributed by atoms with E-state index in [1.807, 2.05) is 6.20 Å². The Bertz CT molecular complexity index is 358. The van der Waals surface area contributed by atoms with Crippen molar-refractivity contribution in [3.8, 4) is 0 Å². The Morgan fingerprint density at radius 3 is 2.58 bits per heavy atom. The summed E-state index contributed by atoms with van der Waals surface area (Å²) in [7, 11) is 1.77. The second-order valence-corrected chi connectivity index (χ2v) is 5.22. The van der Waals surface area contributed by atoms with E-state index in [0.717, 1.165) is 45.0 Å². The van der Waals surface area contributed by atoms with Crippen molar-refractivity contribution in [1.29, 1.82) is 0 Å². The van der Waals surface area contributed by atoms with Gasteiger partial charge in [-0.3, -0.25) is 4.90 Å². The minimum atomic E-state index is 0.882. The lowest BCUT2D eigenvalue weighted by atomic mass is 10.2. The second-order valence-electron chi connectivity index (χ2n) is 5.22. The topological polar surface area (TPSA) is 28.6 Å². The molecule has 2 rings (SSSR count). The lowest BCUT2D eigenvalue weighted by molar-refractivity contribution is 0.182. The van der Waals surface area contributed by atoms with Crippen molar-refractivity contribution in [1.82, 2.24) is 9.88 Å². The minimum Gasteiger partial charge on any atom is -0.385 e. The lowest BCUT2D eigenvalue weighted by Gasteiger charge is -2.35. The van der Waals surface area contributed by atoms with Crippen LogP contribution in [-0.4, -0.2) is 56.3 Å². The summed E-state index contributed by atoms with van der Waals surface area (Å²) in [6.45, 7) is 8.60. The molecule has 0 atom stereocenters. The van der Waals surface area contributed by atoms with Crippen LogP contribution in [0.2, 0.25) is 0 Å². The molecule has 1 aromatic heterocycles. The van der Waals surface area contributed by atoms with Crippen molar-refractivity contribution in [3.63, 3.8) is 0 Å². The standard InChI is InChI=1S/C15H25N3O/c1-14-5-6-15(16-13-14)18-10-8-17(9-11-18)7-3-4-12-19-2/h5-6,13H,3-4,7-12H2,1-2H3. The van der Waals surface area contributed by atoms with Gasteiger partial charge in [-0.2, -0.15) is 0 Å². The first-order valence-electron chi connectivity index (χ1n) is 7.18. The maximum absolute atomic E-state index is 5.08. The van der Waals surface area contributed by atoms with E-state index in [4.69, 9.17) is 4.74 Å². The number of hydrogen-bond acceptors (Lipinski definition) is 4. The van der Waals surface area contributed by atoms with Crippen LogP contribution in [0.5, 0.6) is 0 Å². The second kappa shape index (κ2) is 7.46. The van der Waals surface area contributed by atoms with Crippen molar-refractivity contribution < 1.29 is 4.74 Å². The van der Waals surface area contributed by atoms with Gasteiger partial charge in [-0.05, 0) is 37.9 Å². The van der Waals surface area contributed by atoms with Crippen LogP contribution in [0.3, 0.4) is 0 Å². The number of hydrogen-bond donors (Lipinski definition) is 0. The Balaban J connectivity index is 1.71. The van der Waals surface area contributed by atoms with Crippen LogP contribution in [0.4, 0.5) is 5.82 Å². The average Bonchev–Trinajstić information content (AvgIpc) is 2.45. The molecule has 19 heavy (non-hydrogen) atoms. The van der Waals surface area contributed by atoms with Crippen molar-refractivity contribution >= 4 is 5.82 Å². The van der Waals surface area contributed by atoms with Gasteiger partial charge < -0.3 is 9.64 Å². The van der Waals surface area contributed by atoms with Crippen molar-refractivity contribution in [2.24, 2.45) is 0 Å². The van der Waals surface area contributed by atoms with Gasteiger partial charge in [0.25, 0.3) is 0 Å². The fraction of sp³-hybridized carbons (Fsp3) is 0.667. The highest BCUT2D eigenvalue weighted by Crippen LogP contribution is 2.14. The molecule has 0 bridgehead atoms. The van der Waals surface area contributed by atoms with Crippen LogP contribution >= 0.6 is 0 Å². The van der Waals surface area contributed by atoms with Gasteiger partial charge in [0.15, 0.2) is 0 Å². The van der Waals surface area contributed by atoms with E-state index in [9.17, 15) is 0 Å². The van der Waals surface area contributed by atoms with E-state index in [0.29, 0.717) is 0 Å². The molecular formula is C15H25N3O. The predicted molar refractivity (Wildman–Crippen MR) is 78.7 cm³/mol. The average molecular weight is 263 g/mol. The van der Waals surface area contributed by atoms with Gasteiger partial charge in [0.1, 0.15) is 5.82 Å². The molecule has 0 saturated carbocycles. The number of unbranched alkanes of at least 4 members (excludes halogenated alkanes) is 1. The summed E-state index contributed by atoms with van der Waals surface area (Å²) < 4.78 is 5.08. The van der Waals surface area contributed by atoms with Crippen LogP contribution in [0, 0.1) is 6.92 Å². The monoisotopic (exact) mass is 263 g/mol. The summed E-state index contributed by atoms with van der Waals surface area (Å²) in [5.41, 5.74) is 1.22. The number of pyridine rings is 1. The van der Waals surface area contributed by atoms with Gasteiger partial charge in [-0.15, -0.1) is 0 Å². The number of ether oxygens (including phenoxy) is 1. The van der Waals surface area contributed by atoms with E-state index in [1.165, 1.54) is 18.5 Å². The summed E-state index contributed by atoms with van der Waals surface area (Å²) in [6.07, 6.45) is 4.35.